The second kappa shape index (κ2) is 11.1. The zero-order valence-corrected chi connectivity index (χ0v) is 21.3. The van der Waals surface area contributed by atoms with E-state index in [-0.39, 0.29) is 30.3 Å². The SMILES string of the molecule is CC(C(=O)CCC1COC1)c1ccc(OC2CCN(c3ncnc(OCC(C)(C)O)c3Cl)C2)cc1. The molecule has 0 spiro atoms. The molecule has 0 amide bonds. The van der Waals surface area contributed by atoms with Crippen molar-refractivity contribution in [2.75, 3.05) is 37.8 Å². The number of ketones is 1. The number of Topliss-reactive ketones (excluding diaryl/α,β-unsaturated/α-hetero) is 1. The molecule has 8 nitrogen and oxygen atoms in total. The molecule has 2 aliphatic rings. The summed E-state index contributed by atoms with van der Waals surface area (Å²) in [5.74, 6) is 2.30. The Morgan fingerprint density at radius 3 is 2.69 bits per heavy atom. The number of hydrogen-bond acceptors (Lipinski definition) is 8. The number of aromatic nitrogens is 2. The fourth-order valence-electron chi connectivity index (χ4n) is 4.16. The van der Waals surface area contributed by atoms with E-state index in [4.69, 9.17) is 25.8 Å². The first-order chi connectivity index (χ1) is 16.7. The van der Waals surface area contributed by atoms with Gasteiger partial charge < -0.3 is 24.2 Å². The summed E-state index contributed by atoms with van der Waals surface area (Å²) in [5, 5.41) is 10.2. The van der Waals surface area contributed by atoms with E-state index in [1.807, 2.05) is 36.1 Å². The largest absolute Gasteiger partial charge is 0.489 e. The van der Waals surface area contributed by atoms with Gasteiger partial charge in [0.2, 0.25) is 5.88 Å². The van der Waals surface area contributed by atoms with Crippen LogP contribution in [0.15, 0.2) is 30.6 Å². The van der Waals surface area contributed by atoms with Crippen LogP contribution in [-0.4, -0.2) is 65.5 Å². The monoisotopic (exact) mass is 503 g/mol. The number of rotatable bonds is 11. The number of benzene rings is 1. The van der Waals surface area contributed by atoms with Crippen molar-refractivity contribution in [3.05, 3.63) is 41.2 Å². The molecule has 0 aliphatic carbocycles. The second-order valence-electron chi connectivity index (χ2n) is 10.1. The average molecular weight is 504 g/mol. The van der Waals surface area contributed by atoms with Gasteiger partial charge in [-0.15, -0.1) is 0 Å². The van der Waals surface area contributed by atoms with Crippen LogP contribution < -0.4 is 14.4 Å². The van der Waals surface area contributed by atoms with Gasteiger partial charge in [-0.1, -0.05) is 30.7 Å². The lowest BCUT2D eigenvalue weighted by molar-refractivity contribution is -0.121. The average Bonchev–Trinajstić information content (AvgIpc) is 3.25. The topological polar surface area (TPSA) is 94.0 Å². The highest BCUT2D eigenvalue weighted by Gasteiger charge is 2.28. The van der Waals surface area contributed by atoms with Crippen LogP contribution >= 0.6 is 11.6 Å². The first-order valence-electron chi connectivity index (χ1n) is 12.2. The van der Waals surface area contributed by atoms with Gasteiger partial charge in [0.15, 0.2) is 5.82 Å². The molecule has 2 saturated heterocycles. The third kappa shape index (κ3) is 6.84. The molecule has 2 fully saturated rings. The first-order valence-corrected chi connectivity index (χ1v) is 12.5. The summed E-state index contributed by atoms with van der Waals surface area (Å²) in [6.07, 6.45) is 3.72. The highest BCUT2D eigenvalue weighted by Crippen LogP contribution is 2.33. The van der Waals surface area contributed by atoms with Crippen molar-refractivity contribution in [3.63, 3.8) is 0 Å². The first kappa shape index (κ1) is 25.7. The Morgan fingerprint density at radius 2 is 2.03 bits per heavy atom. The molecule has 2 aromatic rings. The van der Waals surface area contributed by atoms with Crippen LogP contribution in [0.4, 0.5) is 5.82 Å². The third-order valence-corrected chi connectivity index (χ3v) is 6.75. The maximum atomic E-state index is 12.5. The Hall–Kier alpha value is -2.42. The molecule has 2 atom stereocenters. The molecule has 0 bridgehead atoms. The van der Waals surface area contributed by atoms with Crippen LogP contribution in [0, 0.1) is 5.92 Å². The fourth-order valence-corrected chi connectivity index (χ4v) is 4.43. The summed E-state index contributed by atoms with van der Waals surface area (Å²) in [4.78, 5) is 23.0. The molecule has 4 rings (SSSR count). The fraction of sp³-hybridized carbons (Fsp3) is 0.577. The van der Waals surface area contributed by atoms with Gasteiger partial charge in [-0.2, -0.15) is 0 Å². The lowest BCUT2D eigenvalue weighted by atomic mass is 9.91. The number of halogens is 1. The Balaban J connectivity index is 1.30. The van der Waals surface area contributed by atoms with E-state index in [2.05, 4.69) is 9.97 Å². The number of hydrogen-bond donors (Lipinski definition) is 1. The zero-order chi connectivity index (χ0) is 25.0. The van der Waals surface area contributed by atoms with Gasteiger partial charge in [0, 0.05) is 31.2 Å². The molecule has 0 saturated carbocycles. The molecule has 9 heteroatoms. The van der Waals surface area contributed by atoms with E-state index in [0.29, 0.717) is 29.7 Å². The van der Waals surface area contributed by atoms with Gasteiger partial charge in [0.05, 0.1) is 25.4 Å². The predicted octanol–water partition coefficient (Wildman–Crippen LogP) is 4.04. The summed E-state index contributed by atoms with van der Waals surface area (Å²) in [5.41, 5.74) is 0.0132. The van der Waals surface area contributed by atoms with Gasteiger partial charge in [-0.05, 0) is 38.0 Å². The van der Waals surface area contributed by atoms with E-state index in [1.54, 1.807) is 13.8 Å². The summed E-state index contributed by atoms with van der Waals surface area (Å²) < 4.78 is 17.0. The van der Waals surface area contributed by atoms with Crippen molar-refractivity contribution in [1.29, 1.82) is 0 Å². The number of ether oxygens (including phenoxy) is 3. The highest BCUT2D eigenvalue weighted by atomic mass is 35.5. The van der Waals surface area contributed by atoms with Gasteiger partial charge in [0.1, 0.15) is 35.6 Å². The van der Waals surface area contributed by atoms with Gasteiger partial charge in [-0.25, -0.2) is 9.97 Å². The van der Waals surface area contributed by atoms with E-state index in [1.165, 1.54) is 6.33 Å². The van der Waals surface area contributed by atoms with E-state index in [9.17, 15) is 9.90 Å². The third-order valence-electron chi connectivity index (χ3n) is 6.42. The summed E-state index contributed by atoms with van der Waals surface area (Å²) in [6, 6.07) is 7.82. The summed E-state index contributed by atoms with van der Waals surface area (Å²) in [6.45, 7) is 8.29. The highest BCUT2D eigenvalue weighted by molar-refractivity contribution is 6.34. The van der Waals surface area contributed by atoms with Crippen LogP contribution in [0.3, 0.4) is 0 Å². The molecule has 2 unspecified atom stereocenters. The smallest absolute Gasteiger partial charge is 0.238 e. The van der Waals surface area contributed by atoms with Crippen LogP contribution in [0.2, 0.25) is 5.02 Å². The summed E-state index contributed by atoms with van der Waals surface area (Å²) >= 11 is 6.50. The number of carbonyl (C=O) groups is 1. The molecule has 35 heavy (non-hydrogen) atoms. The molecular formula is C26H34ClN3O5. The minimum absolute atomic E-state index is 0.0172. The quantitative estimate of drug-likeness (QED) is 0.491. The van der Waals surface area contributed by atoms with Crippen LogP contribution in [0.1, 0.15) is 51.5 Å². The zero-order valence-electron chi connectivity index (χ0n) is 20.6. The normalized spacial score (nSPS) is 19.3. The molecule has 1 aromatic heterocycles. The van der Waals surface area contributed by atoms with Crippen molar-refractivity contribution < 1.29 is 24.1 Å². The Labute approximate surface area is 211 Å². The standard InChI is InChI=1S/C26H34ClN3O5/c1-17(22(31)9-4-18-13-33-14-18)19-5-7-20(8-6-19)35-21-10-11-30(12-21)24-23(27)25(29-16-28-24)34-15-26(2,3)32/h5-8,16-18,21,32H,4,9-15H2,1-3H3. The van der Waals surface area contributed by atoms with E-state index < -0.39 is 5.60 Å². The minimum Gasteiger partial charge on any atom is -0.489 e. The van der Waals surface area contributed by atoms with Crippen molar-refractivity contribution in [2.45, 2.75) is 57.7 Å². The number of anilines is 1. The maximum absolute atomic E-state index is 12.5. The molecule has 0 radical (unpaired) electrons. The van der Waals surface area contributed by atoms with Crippen molar-refractivity contribution in [2.24, 2.45) is 5.92 Å². The van der Waals surface area contributed by atoms with E-state index >= 15 is 0 Å². The predicted molar refractivity (Wildman–Crippen MR) is 133 cm³/mol. The van der Waals surface area contributed by atoms with E-state index in [0.717, 1.165) is 43.9 Å². The Morgan fingerprint density at radius 1 is 1.29 bits per heavy atom. The Bertz CT molecular complexity index is 1010. The van der Waals surface area contributed by atoms with Gasteiger partial charge in [-0.3, -0.25) is 4.79 Å². The lowest BCUT2D eigenvalue weighted by Crippen LogP contribution is -2.29. The van der Waals surface area contributed by atoms with Crippen molar-refractivity contribution >= 4 is 23.2 Å². The van der Waals surface area contributed by atoms with Gasteiger partial charge in [0.25, 0.3) is 0 Å². The van der Waals surface area contributed by atoms with Crippen LogP contribution in [0.5, 0.6) is 11.6 Å². The molecule has 190 valence electrons. The van der Waals surface area contributed by atoms with Gasteiger partial charge >= 0.3 is 0 Å². The molecule has 1 aromatic carbocycles. The summed E-state index contributed by atoms with van der Waals surface area (Å²) in [7, 11) is 0. The van der Waals surface area contributed by atoms with Crippen LogP contribution in [0.25, 0.3) is 0 Å². The van der Waals surface area contributed by atoms with Crippen molar-refractivity contribution in [3.8, 4) is 11.6 Å². The molecule has 1 N–H and O–H groups in total. The molecular weight excluding hydrogens is 470 g/mol. The molecule has 3 heterocycles. The second-order valence-corrected chi connectivity index (χ2v) is 10.5. The Kier molecular flexibility index (Phi) is 8.14. The maximum Gasteiger partial charge on any atom is 0.238 e. The molecule has 2 aliphatic heterocycles. The van der Waals surface area contributed by atoms with Crippen molar-refractivity contribution in [1.82, 2.24) is 9.97 Å². The minimum atomic E-state index is -0.993. The number of nitrogens with zero attached hydrogens (tertiary/aromatic N) is 3. The van der Waals surface area contributed by atoms with Crippen LogP contribution in [-0.2, 0) is 9.53 Å². The number of carbonyl (C=O) groups excluding carboxylic acids is 1. The number of aliphatic hydroxyl groups is 1. The lowest BCUT2D eigenvalue weighted by Gasteiger charge is -2.25.